The average molecular weight is 304 g/mol. The minimum Gasteiger partial charge on any atom is -0.444 e. The molecule has 0 aromatic carbocycles. The van der Waals surface area contributed by atoms with Crippen LogP contribution in [0.25, 0.3) is 0 Å². The lowest BCUT2D eigenvalue weighted by atomic mass is 10.2. The molecule has 0 fully saturated rings. The molecule has 0 aromatic heterocycles. The molecular weight excluding hydrogens is 276 g/mol. The summed E-state index contributed by atoms with van der Waals surface area (Å²) in [6.45, 7) is 9.29. The van der Waals surface area contributed by atoms with Crippen LogP contribution in [0, 0.1) is 0 Å². The Bertz CT molecular complexity index is 315. The molecule has 0 bridgehead atoms. The second kappa shape index (κ2) is 10.4. The standard InChI is InChI=1S/C14H28N2O5/c1-6-20-11-12(17)15-7-8-16(9-10-19-5)13(18)21-14(2,3)4/h6-11H2,1-5H3,(H,15,17). The van der Waals surface area contributed by atoms with Crippen LogP contribution in [0.3, 0.4) is 0 Å². The maximum Gasteiger partial charge on any atom is 0.410 e. The number of ether oxygens (including phenoxy) is 3. The minimum atomic E-state index is -0.555. The first kappa shape index (κ1) is 19.7. The van der Waals surface area contributed by atoms with Crippen LogP contribution in [0.4, 0.5) is 4.79 Å². The third kappa shape index (κ3) is 11.0. The van der Waals surface area contributed by atoms with Crippen LogP contribution in [-0.4, -0.2) is 69.1 Å². The Labute approximate surface area is 126 Å². The minimum absolute atomic E-state index is 0.0288. The molecule has 7 heteroatoms. The van der Waals surface area contributed by atoms with Crippen molar-refractivity contribution in [2.75, 3.05) is 46.6 Å². The molecule has 7 nitrogen and oxygen atoms in total. The molecular formula is C14H28N2O5. The van der Waals surface area contributed by atoms with E-state index in [1.807, 2.05) is 27.7 Å². The number of methoxy groups -OCH3 is 1. The van der Waals surface area contributed by atoms with Crippen LogP contribution in [0.5, 0.6) is 0 Å². The average Bonchev–Trinajstić information content (AvgIpc) is 2.38. The number of hydrogen-bond acceptors (Lipinski definition) is 5. The predicted octanol–water partition coefficient (Wildman–Crippen LogP) is 1.02. The number of hydrogen-bond donors (Lipinski definition) is 1. The lowest BCUT2D eigenvalue weighted by Crippen LogP contribution is -2.43. The van der Waals surface area contributed by atoms with E-state index in [1.165, 1.54) is 4.90 Å². The maximum atomic E-state index is 12.0. The summed E-state index contributed by atoms with van der Waals surface area (Å²) in [5.74, 6) is -0.201. The molecule has 0 aliphatic rings. The summed E-state index contributed by atoms with van der Waals surface area (Å²) in [4.78, 5) is 24.9. The van der Waals surface area contributed by atoms with Crippen molar-refractivity contribution in [1.82, 2.24) is 10.2 Å². The van der Waals surface area contributed by atoms with Crippen LogP contribution in [0.2, 0.25) is 0 Å². The van der Waals surface area contributed by atoms with Crippen molar-refractivity contribution in [1.29, 1.82) is 0 Å². The van der Waals surface area contributed by atoms with Gasteiger partial charge in [0.15, 0.2) is 0 Å². The Morgan fingerprint density at radius 1 is 1.19 bits per heavy atom. The van der Waals surface area contributed by atoms with Gasteiger partial charge in [0.2, 0.25) is 5.91 Å². The summed E-state index contributed by atoms with van der Waals surface area (Å²) in [7, 11) is 1.57. The smallest absolute Gasteiger partial charge is 0.410 e. The Morgan fingerprint density at radius 2 is 1.86 bits per heavy atom. The van der Waals surface area contributed by atoms with Crippen LogP contribution in [0.15, 0.2) is 0 Å². The normalized spacial score (nSPS) is 11.1. The molecule has 0 spiro atoms. The van der Waals surface area contributed by atoms with Gasteiger partial charge in [-0.1, -0.05) is 0 Å². The number of carbonyl (C=O) groups is 2. The van der Waals surface area contributed by atoms with Crippen LogP contribution >= 0.6 is 0 Å². The Kier molecular flexibility index (Phi) is 9.73. The predicted molar refractivity (Wildman–Crippen MR) is 79.2 cm³/mol. The first-order chi connectivity index (χ1) is 9.80. The summed E-state index contributed by atoms with van der Waals surface area (Å²) in [5, 5.41) is 2.69. The zero-order valence-electron chi connectivity index (χ0n) is 13.7. The Balaban J connectivity index is 4.23. The fraction of sp³-hybridized carbons (Fsp3) is 0.857. The van der Waals surface area contributed by atoms with Gasteiger partial charge < -0.3 is 24.4 Å². The van der Waals surface area contributed by atoms with E-state index in [0.717, 1.165) is 0 Å². The lowest BCUT2D eigenvalue weighted by molar-refractivity contribution is -0.125. The summed E-state index contributed by atoms with van der Waals surface area (Å²) >= 11 is 0. The number of amides is 2. The lowest BCUT2D eigenvalue weighted by Gasteiger charge is -2.27. The van der Waals surface area contributed by atoms with E-state index in [0.29, 0.717) is 32.8 Å². The van der Waals surface area contributed by atoms with Crippen molar-refractivity contribution in [2.24, 2.45) is 0 Å². The molecule has 0 aromatic rings. The molecule has 0 aliphatic heterocycles. The van der Waals surface area contributed by atoms with Gasteiger partial charge in [-0.25, -0.2) is 4.79 Å². The SMILES string of the molecule is CCOCC(=O)NCCN(CCOC)C(=O)OC(C)(C)C. The summed E-state index contributed by atoms with van der Waals surface area (Å²) in [6.07, 6.45) is -0.418. The van der Waals surface area contributed by atoms with Crippen molar-refractivity contribution in [2.45, 2.75) is 33.3 Å². The fourth-order valence-electron chi connectivity index (χ4n) is 1.40. The zero-order chi connectivity index (χ0) is 16.3. The number of nitrogens with zero attached hydrogens (tertiary/aromatic N) is 1. The second-order valence-corrected chi connectivity index (χ2v) is 5.45. The van der Waals surface area contributed by atoms with E-state index in [4.69, 9.17) is 14.2 Å². The molecule has 21 heavy (non-hydrogen) atoms. The topological polar surface area (TPSA) is 77.1 Å². The van der Waals surface area contributed by atoms with Gasteiger partial charge in [0, 0.05) is 33.4 Å². The number of carbonyl (C=O) groups excluding carboxylic acids is 2. The molecule has 1 N–H and O–H groups in total. The first-order valence-electron chi connectivity index (χ1n) is 7.11. The van der Waals surface area contributed by atoms with Gasteiger partial charge in [-0.15, -0.1) is 0 Å². The van der Waals surface area contributed by atoms with Crippen molar-refractivity contribution in [3.63, 3.8) is 0 Å². The van der Waals surface area contributed by atoms with Crippen molar-refractivity contribution in [3.8, 4) is 0 Å². The van der Waals surface area contributed by atoms with E-state index in [-0.39, 0.29) is 12.5 Å². The van der Waals surface area contributed by atoms with Crippen molar-refractivity contribution < 1.29 is 23.8 Å². The molecule has 0 atom stereocenters. The fourth-order valence-corrected chi connectivity index (χ4v) is 1.40. The summed E-state index contributed by atoms with van der Waals surface area (Å²) in [6, 6.07) is 0. The van der Waals surface area contributed by atoms with E-state index in [9.17, 15) is 9.59 Å². The largest absolute Gasteiger partial charge is 0.444 e. The Morgan fingerprint density at radius 3 is 2.38 bits per heavy atom. The molecule has 0 saturated carbocycles. The molecule has 124 valence electrons. The van der Waals surface area contributed by atoms with Gasteiger partial charge in [0.25, 0.3) is 0 Å². The van der Waals surface area contributed by atoms with E-state index in [2.05, 4.69) is 5.32 Å². The van der Waals surface area contributed by atoms with Crippen molar-refractivity contribution >= 4 is 12.0 Å². The van der Waals surface area contributed by atoms with Gasteiger partial charge in [-0.2, -0.15) is 0 Å². The molecule has 0 unspecified atom stereocenters. The first-order valence-corrected chi connectivity index (χ1v) is 7.11. The molecule has 0 aliphatic carbocycles. The highest BCUT2D eigenvalue weighted by atomic mass is 16.6. The molecule has 0 radical (unpaired) electrons. The highest BCUT2D eigenvalue weighted by Crippen LogP contribution is 2.09. The van der Waals surface area contributed by atoms with Crippen LogP contribution < -0.4 is 5.32 Å². The zero-order valence-corrected chi connectivity index (χ0v) is 13.7. The third-order valence-electron chi connectivity index (χ3n) is 2.36. The monoisotopic (exact) mass is 304 g/mol. The molecule has 0 heterocycles. The van der Waals surface area contributed by atoms with E-state index >= 15 is 0 Å². The number of nitrogens with one attached hydrogen (secondary N) is 1. The van der Waals surface area contributed by atoms with E-state index < -0.39 is 11.7 Å². The van der Waals surface area contributed by atoms with Crippen LogP contribution in [-0.2, 0) is 19.0 Å². The molecule has 0 saturated heterocycles. The Hall–Kier alpha value is -1.34. The maximum absolute atomic E-state index is 12.0. The quantitative estimate of drug-likeness (QED) is 0.688. The second-order valence-electron chi connectivity index (χ2n) is 5.45. The highest BCUT2D eigenvalue weighted by molar-refractivity contribution is 5.77. The van der Waals surface area contributed by atoms with Crippen LogP contribution in [0.1, 0.15) is 27.7 Å². The van der Waals surface area contributed by atoms with Crippen molar-refractivity contribution in [3.05, 3.63) is 0 Å². The van der Waals surface area contributed by atoms with Gasteiger partial charge in [0.1, 0.15) is 12.2 Å². The summed E-state index contributed by atoms with van der Waals surface area (Å²) < 4.78 is 15.3. The third-order valence-corrected chi connectivity index (χ3v) is 2.36. The van der Waals surface area contributed by atoms with E-state index in [1.54, 1.807) is 7.11 Å². The van der Waals surface area contributed by atoms with Gasteiger partial charge in [0.05, 0.1) is 6.61 Å². The molecule has 2 amide bonds. The highest BCUT2D eigenvalue weighted by Gasteiger charge is 2.21. The van der Waals surface area contributed by atoms with Gasteiger partial charge >= 0.3 is 6.09 Å². The van der Waals surface area contributed by atoms with Gasteiger partial charge in [-0.3, -0.25) is 4.79 Å². The number of rotatable bonds is 9. The van der Waals surface area contributed by atoms with Gasteiger partial charge in [-0.05, 0) is 27.7 Å². The summed E-state index contributed by atoms with van der Waals surface area (Å²) in [5.41, 5.74) is -0.555. The molecule has 0 rings (SSSR count).